The highest BCUT2D eigenvalue weighted by Gasteiger charge is 2.07. The smallest absolute Gasteiger partial charge is 0.179 e. The van der Waals surface area contributed by atoms with Gasteiger partial charge in [0.05, 0.1) is 10.5 Å². The summed E-state index contributed by atoms with van der Waals surface area (Å²) in [6.07, 6.45) is 3.27. The summed E-state index contributed by atoms with van der Waals surface area (Å²) in [6, 6.07) is 3.55. The molecular weight excluding hydrogens is 235 g/mol. The molecule has 0 aliphatic heterocycles. The molecule has 0 saturated heterocycles. The molecule has 3 aromatic heterocycles. The molecular formula is C9H4Cl2N4. The lowest BCUT2D eigenvalue weighted by Crippen LogP contribution is -1.89. The molecule has 0 bridgehead atoms. The van der Waals surface area contributed by atoms with Gasteiger partial charge in [0.15, 0.2) is 5.65 Å². The van der Waals surface area contributed by atoms with Crippen LogP contribution < -0.4 is 0 Å². The zero-order valence-electron chi connectivity index (χ0n) is 7.35. The number of pyridine rings is 2. The third kappa shape index (κ3) is 1.26. The zero-order valence-corrected chi connectivity index (χ0v) is 8.87. The summed E-state index contributed by atoms with van der Waals surface area (Å²) in [5, 5.41) is 9.60. The maximum Gasteiger partial charge on any atom is 0.179 e. The molecule has 15 heavy (non-hydrogen) atoms. The summed E-state index contributed by atoms with van der Waals surface area (Å²) in [5.41, 5.74) is 1.51. The molecule has 0 aliphatic carbocycles. The van der Waals surface area contributed by atoms with Gasteiger partial charge >= 0.3 is 0 Å². The van der Waals surface area contributed by atoms with Crippen LogP contribution in [0.4, 0.5) is 0 Å². The minimum atomic E-state index is 0.430. The Kier molecular flexibility index (Phi) is 1.81. The van der Waals surface area contributed by atoms with Crippen LogP contribution in [0.25, 0.3) is 16.6 Å². The molecule has 6 heteroatoms. The number of fused-ring (bicyclic) bond motifs is 3. The Morgan fingerprint density at radius 2 is 2.07 bits per heavy atom. The molecule has 0 unspecified atom stereocenters. The van der Waals surface area contributed by atoms with Crippen LogP contribution >= 0.6 is 23.2 Å². The molecule has 3 heterocycles. The van der Waals surface area contributed by atoms with E-state index in [0.29, 0.717) is 15.8 Å². The highest BCUT2D eigenvalue weighted by molar-refractivity contribution is 6.34. The van der Waals surface area contributed by atoms with Crippen molar-refractivity contribution >= 4 is 39.8 Å². The van der Waals surface area contributed by atoms with Gasteiger partial charge in [-0.1, -0.05) is 23.2 Å². The van der Waals surface area contributed by atoms with Crippen molar-refractivity contribution in [2.75, 3.05) is 0 Å². The average Bonchev–Trinajstić information content (AvgIpc) is 2.69. The van der Waals surface area contributed by atoms with E-state index < -0.39 is 0 Å². The topological polar surface area (TPSA) is 43.1 Å². The van der Waals surface area contributed by atoms with E-state index in [1.54, 1.807) is 29.1 Å². The molecule has 0 spiro atoms. The molecule has 0 N–H and O–H groups in total. The van der Waals surface area contributed by atoms with Crippen LogP contribution in [-0.2, 0) is 0 Å². The molecule has 0 aromatic carbocycles. The molecule has 4 nitrogen and oxygen atoms in total. The summed E-state index contributed by atoms with van der Waals surface area (Å²) in [7, 11) is 0. The van der Waals surface area contributed by atoms with Gasteiger partial charge in [0.25, 0.3) is 0 Å². The Labute approximate surface area is 94.5 Å². The number of hydrogen-bond acceptors (Lipinski definition) is 3. The fourth-order valence-electron chi connectivity index (χ4n) is 1.53. The summed E-state index contributed by atoms with van der Waals surface area (Å²) < 4.78 is 1.78. The standard InChI is InChI=1S/C9H4Cl2N4/c10-6-1-5-3-12-8(11)2-7(5)15-4-13-14-9(6)15/h1-4H. The quantitative estimate of drug-likeness (QED) is 0.566. The molecule has 3 rings (SSSR count). The summed E-state index contributed by atoms with van der Waals surface area (Å²) in [6.45, 7) is 0. The van der Waals surface area contributed by atoms with Crippen molar-refractivity contribution < 1.29 is 0 Å². The van der Waals surface area contributed by atoms with Crippen LogP contribution in [0.2, 0.25) is 10.2 Å². The summed E-state index contributed by atoms with van der Waals surface area (Å²) in [4.78, 5) is 3.99. The van der Waals surface area contributed by atoms with Gasteiger partial charge in [0, 0.05) is 17.6 Å². The van der Waals surface area contributed by atoms with Gasteiger partial charge in [0.2, 0.25) is 0 Å². The van der Waals surface area contributed by atoms with Gasteiger partial charge in [-0.3, -0.25) is 4.40 Å². The largest absolute Gasteiger partial charge is 0.280 e. The summed E-state index contributed by atoms with van der Waals surface area (Å²) >= 11 is 11.9. The van der Waals surface area contributed by atoms with E-state index in [-0.39, 0.29) is 0 Å². The second kappa shape index (κ2) is 3.05. The van der Waals surface area contributed by atoms with Crippen molar-refractivity contribution in [2.24, 2.45) is 0 Å². The minimum Gasteiger partial charge on any atom is -0.280 e. The van der Waals surface area contributed by atoms with Gasteiger partial charge in [-0.2, -0.15) is 0 Å². The molecule has 0 atom stereocenters. The Hall–Kier alpha value is -1.39. The molecule has 74 valence electrons. The first kappa shape index (κ1) is 8.88. The van der Waals surface area contributed by atoms with Gasteiger partial charge in [0.1, 0.15) is 11.5 Å². The van der Waals surface area contributed by atoms with Crippen LogP contribution in [0.15, 0.2) is 24.7 Å². The molecule has 0 fully saturated rings. The van der Waals surface area contributed by atoms with Crippen molar-refractivity contribution in [1.29, 1.82) is 0 Å². The highest BCUT2D eigenvalue weighted by Crippen LogP contribution is 2.24. The van der Waals surface area contributed by atoms with Gasteiger partial charge < -0.3 is 0 Å². The predicted octanol–water partition coefficient (Wildman–Crippen LogP) is 2.58. The van der Waals surface area contributed by atoms with E-state index in [4.69, 9.17) is 23.2 Å². The van der Waals surface area contributed by atoms with Crippen molar-refractivity contribution in [3.05, 3.63) is 34.8 Å². The molecule has 0 aliphatic rings. The van der Waals surface area contributed by atoms with E-state index in [1.165, 1.54) is 0 Å². The lowest BCUT2D eigenvalue weighted by molar-refractivity contribution is 1.11. The second-order valence-electron chi connectivity index (χ2n) is 3.08. The normalized spacial score (nSPS) is 11.3. The van der Waals surface area contributed by atoms with Gasteiger partial charge in [-0.05, 0) is 6.07 Å². The molecule has 0 radical (unpaired) electrons. The SMILES string of the molecule is Clc1cc2c(cn1)cc(Cl)c1nncn12. The van der Waals surface area contributed by atoms with Crippen molar-refractivity contribution in [1.82, 2.24) is 19.6 Å². The Balaban J connectivity index is 2.61. The fraction of sp³-hybridized carbons (Fsp3) is 0. The minimum absolute atomic E-state index is 0.430. The third-order valence-corrected chi connectivity index (χ3v) is 2.67. The van der Waals surface area contributed by atoms with E-state index in [1.807, 2.05) is 0 Å². The van der Waals surface area contributed by atoms with Crippen molar-refractivity contribution in [3.8, 4) is 0 Å². The summed E-state index contributed by atoms with van der Waals surface area (Å²) in [5.74, 6) is 0. The number of rotatable bonds is 0. The maximum absolute atomic E-state index is 6.03. The first-order valence-corrected chi connectivity index (χ1v) is 4.95. The zero-order chi connectivity index (χ0) is 10.4. The Bertz CT molecular complexity index is 662. The van der Waals surface area contributed by atoms with Gasteiger partial charge in [-0.15, -0.1) is 10.2 Å². The molecule has 0 amide bonds. The Morgan fingerprint density at radius 1 is 1.20 bits per heavy atom. The monoisotopic (exact) mass is 238 g/mol. The van der Waals surface area contributed by atoms with E-state index in [9.17, 15) is 0 Å². The van der Waals surface area contributed by atoms with Crippen LogP contribution in [-0.4, -0.2) is 19.6 Å². The van der Waals surface area contributed by atoms with Gasteiger partial charge in [-0.25, -0.2) is 4.98 Å². The fourth-order valence-corrected chi connectivity index (χ4v) is 1.92. The van der Waals surface area contributed by atoms with E-state index in [0.717, 1.165) is 10.9 Å². The van der Waals surface area contributed by atoms with Crippen molar-refractivity contribution in [3.63, 3.8) is 0 Å². The number of hydrogen-bond donors (Lipinski definition) is 0. The highest BCUT2D eigenvalue weighted by atomic mass is 35.5. The Morgan fingerprint density at radius 3 is 2.93 bits per heavy atom. The lowest BCUT2D eigenvalue weighted by Gasteiger charge is -2.02. The number of halogens is 2. The first-order valence-electron chi connectivity index (χ1n) is 4.19. The first-order chi connectivity index (χ1) is 7.25. The van der Waals surface area contributed by atoms with E-state index >= 15 is 0 Å². The lowest BCUT2D eigenvalue weighted by atomic mass is 10.2. The maximum atomic E-state index is 6.03. The van der Waals surface area contributed by atoms with Crippen LogP contribution in [0.3, 0.4) is 0 Å². The predicted molar refractivity (Wildman–Crippen MR) is 58.3 cm³/mol. The molecule has 0 saturated carbocycles. The number of aromatic nitrogens is 4. The number of nitrogens with zero attached hydrogens (tertiary/aromatic N) is 4. The van der Waals surface area contributed by atoms with Crippen LogP contribution in [0.1, 0.15) is 0 Å². The second-order valence-corrected chi connectivity index (χ2v) is 3.88. The van der Waals surface area contributed by atoms with Crippen molar-refractivity contribution in [2.45, 2.75) is 0 Å². The average molecular weight is 239 g/mol. The third-order valence-electron chi connectivity index (χ3n) is 2.18. The van der Waals surface area contributed by atoms with Crippen LogP contribution in [0, 0.1) is 0 Å². The van der Waals surface area contributed by atoms with E-state index in [2.05, 4.69) is 15.2 Å². The van der Waals surface area contributed by atoms with Crippen LogP contribution in [0.5, 0.6) is 0 Å². The molecule has 3 aromatic rings.